The van der Waals surface area contributed by atoms with Gasteiger partial charge in [-0.2, -0.15) is 4.80 Å². The summed E-state index contributed by atoms with van der Waals surface area (Å²) >= 11 is 6.19. The van der Waals surface area contributed by atoms with Gasteiger partial charge in [0.2, 0.25) is 5.91 Å². The fourth-order valence-electron chi connectivity index (χ4n) is 4.06. The predicted octanol–water partition coefficient (Wildman–Crippen LogP) is 3.34. The summed E-state index contributed by atoms with van der Waals surface area (Å²) in [7, 11) is 1.72. The molecule has 1 fully saturated rings. The summed E-state index contributed by atoms with van der Waals surface area (Å²) in [5, 5.41) is 12.7. The highest BCUT2D eigenvalue weighted by molar-refractivity contribution is 6.30. The molecular formula is C24H26ClFN6O. The molecule has 1 unspecified atom stereocenters. The number of nitrogens with zero attached hydrogens (tertiary/aromatic N) is 6. The second kappa shape index (κ2) is 10.2. The number of halogens is 2. The minimum atomic E-state index is -0.230. The Morgan fingerprint density at radius 1 is 1.21 bits per heavy atom. The number of aromatic nitrogens is 4. The largest absolute Gasteiger partial charge is 0.334 e. The topological polar surface area (TPSA) is 67.2 Å². The number of hydrogen-bond acceptors (Lipinski definition) is 5. The van der Waals surface area contributed by atoms with Crippen LogP contribution in [0, 0.1) is 5.82 Å². The zero-order valence-electron chi connectivity index (χ0n) is 18.7. The smallest absolute Gasteiger partial charge is 0.246 e. The molecule has 0 spiro atoms. The molecule has 4 rings (SSSR count). The normalized spacial score (nSPS) is 17.1. The van der Waals surface area contributed by atoms with Crippen molar-refractivity contribution in [3.8, 4) is 0 Å². The van der Waals surface area contributed by atoms with Crippen LogP contribution in [0.3, 0.4) is 0 Å². The first kappa shape index (κ1) is 23.1. The van der Waals surface area contributed by atoms with Gasteiger partial charge < -0.3 is 4.90 Å². The van der Waals surface area contributed by atoms with E-state index in [4.69, 9.17) is 11.6 Å². The Hall–Kier alpha value is -3.10. The first-order chi connectivity index (χ1) is 15.9. The van der Waals surface area contributed by atoms with E-state index in [0.29, 0.717) is 23.8 Å². The number of carbonyl (C=O) groups is 1. The molecule has 0 saturated carbocycles. The maximum atomic E-state index is 13.1. The molecule has 33 heavy (non-hydrogen) atoms. The van der Waals surface area contributed by atoms with E-state index in [2.05, 4.69) is 27.2 Å². The summed E-state index contributed by atoms with van der Waals surface area (Å²) in [6, 6.07) is 12.2. The highest BCUT2D eigenvalue weighted by atomic mass is 35.5. The van der Waals surface area contributed by atoms with Gasteiger partial charge >= 0.3 is 0 Å². The van der Waals surface area contributed by atoms with Crippen molar-refractivity contribution in [2.24, 2.45) is 7.05 Å². The van der Waals surface area contributed by atoms with E-state index in [-0.39, 0.29) is 17.8 Å². The summed E-state index contributed by atoms with van der Waals surface area (Å²) in [5.74, 6) is 0.334. The quantitative estimate of drug-likeness (QED) is 0.519. The van der Waals surface area contributed by atoms with Gasteiger partial charge in [0.05, 0.1) is 7.05 Å². The van der Waals surface area contributed by atoms with Crippen LogP contribution in [0.5, 0.6) is 0 Å². The molecular weight excluding hydrogens is 443 g/mol. The van der Waals surface area contributed by atoms with Crippen molar-refractivity contribution >= 4 is 23.6 Å². The van der Waals surface area contributed by atoms with E-state index in [1.165, 1.54) is 16.9 Å². The molecule has 0 aliphatic carbocycles. The molecule has 9 heteroatoms. The average Bonchev–Trinajstić information content (AvgIpc) is 3.19. The number of rotatable bonds is 6. The first-order valence-electron chi connectivity index (χ1n) is 10.8. The molecule has 0 bridgehead atoms. The summed E-state index contributed by atoms with van der Waals surface area (Å²) < 4.78 is 13.1. The van der Waals surface area contributed by atoms with Crippen LogP contribution < -0.4 is 0 Å². The molecule has 1 aliphatic rings. The van der Waals surface area contributed by atoms with Gasteiger partial charge in [-0.3, -0.25) is 9.69 Å². The van der Waals surface area contributed by atoms with Gasteiger partial charge in [0, 0.05) is 49.7 Å². The van der Waals surface area contributed by atoms with Crippen molar-refractivity contribution in [2.45, 2.75) is 25.9 Å². The Labute approximate surface area is 197 Å². The van der Waals surface area contributed by atoms with Crippen LogP contribution in [0.15, 0.2) is 48.5 Å². The molecule has 2 aromatic carbocycles. The van der Waals surface area contributed by atoms with Crippen molar-refractivity contribution in [2.75, 3.05) is 19.6 Å². The Balaban J connectivity index is 1.39. The molecule has 172 valence electrons. The lowest BCUT2D eigenvalue weighted by atomic mass is 10.0. The average molecular weight is 469 g/mol. The van der Waals surface area contributed by atoms with Gasteiger partial charge in [-0.25, -0.2) is 4.39 Å². The molecule has 1 amide bonds. The van der Waals surface area contributed by atoms with Gasteiger partial charge in [-0.1, -0.05) is 29.8 Å². The fourth-order valence-corrected chi connectivity index (χ4v) is 4.26. The molecule has 1 saturated heterocycles. The van der Waals surface area contributed by atoms with Crippen molar-refractivity contribution in [3.05, 3.63) is 81.9 Å². The van der Waals surface area contributed by atoms with Crippen LogP contribution in [-0.4, -0.2) is 61.6 Å². The highest BCUT2D eigenvalue weighted by Gasteiger charge is 2.26. The van der Waals surface area contributed by atoms with Crippen LogP contribution in [0.25, 0.3) is 6.08 Å². The lowest BCUT2D eigenvalue weighted by molar-refractivity contribution is -0.130. The van der Waals surface area contributed by atoms with E-state index in [0.717, 1.165) is 36.3 Å². The third-order valence-electron chi connectivity index (χ3n) is 5.72. The monoisotopic (exact) mass is 468 g/mol. The third kappa shape index (κ3) is 6.03. The summed E-state index contributed by atoms with van der Waals surface area (Å²) in [6.45, 7) is 4.97. The van der Waals surface area contributed by atoms with E-state index in [9.17, 15) is 9.18 Å². The Morgan fingerprint density at radius 2 is 2.00 bits per heavy atom. The zero-order chi connectivity index (χ0) is 23.4. The minimum Gasteiger partial charge on any atom is -0.334 e. The van der Waals surface area contributed by atoms with Gasteiger partial charge in [0.1, 0.15) is 5.82 Å². The number of aryl methyl sites for hydroxylation is 1. The number of amides is 1. The zero-order valence-corrected chi connectivity index (χ0v) is 19.4. The molecule has 7 nitrogen and oxygen atoms in total. The van der Waals surface area contributed by atoms with Crippen LogP contribution in [0.1, 0.15) is 29.4 Å². The van der Waals surface area contributed by atoms with Crippen LogP contribution in [0.2, 0.25) is 5.02 Å². The van der Waals surface area contributed by atoms with Crippen LogP contribution >= 0.6 is 11.6 Å². The fraction of sp³-hybridized carbons (Fsp3) is 0.333. The number of tetrazole rings is 1. The summed E-state index contributed by atoms with van der Waals surface area (Å²) in [4.78, 5) is 18.5. The van der Waals surface area contributed by atoms with E-state index in [1.807, 2.05) is 23.1 Å². The number of piperazine rings is 1. The molecule has 0 N–H and O–H groups in total. The third-order valence-corrected chi connectivity index (χ3v) is 5.96. The Bertz CT molecular complexity index is 1150. The van der Waals surface area contributed by atoms with Crippen LogP contribution in [-0.2, 0) is 24.8 Å². The van der Waals surface area contributed by atoms with Crippen molar-refractivity contribution in [3.63, 3.8) is 0 Å². The summed E-state index contributed by atoms with van der Waals surface area (Å²) in [6.07, 6.45) is 3.91. The Kier molecular flexibility index (Phi) is 7.15. The van der Waals surface area contributed by atoms with Crippen molar-refractivity contribution < 1.29 is 9.18 Å². The molecule has 1 aliphatic heterocycles. The van der Waals surface area contributed by atoms with E-state index >= 15 is 0 Å². The molecule has 2 heterocycles. The minimum absolute atomic E-state index is 0.0255. The van der Waals surface area contributed by atoms with E-state index in [1.54, 1.807) is 31.3 Å². The van der Waals surface area contributed by atoms with E-state index < -0.39 is 0 Å². The maximum Gasteiger partial charge on any atom is 0.246 e. The van der Waals surface area contributed by atoms with Crippen molar-refractivity contribution in [1.82, 2.24) is 30.0 Å². The molecule has 3 aromatic rings. The predicted molar refractivity (Wildman–Crippen MR) is 125 cm³/mol. The van der Waals surface area contributed by atoms with Crippen molar-refractivity contribution in [1.29, 1.82) is 0 Å². The SMILES string of the molecule is CC1CN(Cc2ccc(F)cc2)CCN1C(=O)/C=C/c1ccc(Cl)cc1Cc1nnn(C)n1. The summed E-state index contributed by atoms with van der Waals surface area (Å²) in [5.41, 5.74) is 2.88. The number of hydrogen-bond donors (Lipinski definition) is 0. The molecule has 1 aromatic heterocycles. The maximum absolute atomic E-state index is 13.1. The second-order valence-corrected chi connectivity index (χ2v) is 8.73. The highest BCUT2D eigenvalue weighted by Crippen LogP contribution is 2.20. The van der Waals surface area contributed by atoms with Gasteiger partial charge in [0.25, 0.3) is 0 Å². The Morgan fingerprint density at radius 3 is 2.70 bits per heavy atom. The number of carbonyl (C=O) groups excluding carboxylic acids is 1. The van der Waals surface area contributed by atoms with Crippen LogP contribution in [0.4, 0.5) is 4.39 Å². The van der Waals surface area contributed by atoms with Gasteiger partial charge in [-0.05, 0) is 59.2 Å². The van der Waals surface area contributed by atoms with Gasteiger partial charge in [0.15, 0.2) is 5.82 Å². The molecule has 0 radical (unpaired) electrons. The first-order valence-corrected chi connectivity index (χ1v) is 11.2. The lowest BCUT2D eigenvalue weighted by Crippen LogP contribution is -2.53. The standard InChI is InChI=1S/C24H26ClFN6O/c1-17-15-31(16-18-3-8-22(26)9-4-18)11-12-32(17)24(33)10-6-19-5-7-21(25)13-20(19)14-23-27-29-30(2)28-23/h3-10,13,17H,11-12,14-16H2,1-2H3/b10-6+. The number of benzene rings is 2. The lowest BCUT2D eigenvalue weighted by Gasteiger charge is -2.39. The van der Waals surface area contributed by atoms with Gasteiger partial charge in [-0.15, -0.1) is 10.2 Å². The second-order valence-electron chi connectivity index (χ2n) is 8.29. The molecule has 1 atom stereocenters.